The molecule has 0 fully saturated rings. The molecule has 0 saturated heterocycles. The average molecular weight is 177 g/mol. The lowest BCUT2D eigenvalue weighted by Gasteiger charge is -2.23. The number of hydrogen-bond acceptors (Lipinski definition) is 2. The molecule has 0 aliphatic heterocycles. The maximum atomic E-state index is 10.3. The largest absolute Gasteiger partial charge is 0.772 e. The standard InChI is InChI=1S/C8H18O2S/c1-7(6-11(9)10)5-8(2,3)4/h7H,5-6H2,1-4H3,(H,9,10)/p-1. The van der Waals surface area contributed by atoms with Gasteiger partial charge in [0.25, 0.3) is 0 Å². The van der Waals surface area contributed by atoms with Crippen LogP contribution in [0.2, 0.25) is 0 Å². The molecule has 0 bridgehead atoms. The summed E-state index contributed by atoms with van der Waals surface area (Å²) in [4.78, 5) is 0. The van der Waals surface area contributed by atoms with Crippen molar-refractivity contribution in [2.45, 2.75) is 34.1 Å². The van der Waals surface area contributed by atoms with Gasteiger partial charge in [0.15, 0.2) is 0 Å². The van der Waals surface area contributed by atoms with Gasteiger partial charge in [-0.15, -0.1) is 0 Å². The summed E-state index contributed by atoms with van der Waals surface area (Å²) in [6.07, 6.45) is 0.959. The molecule has 0 heterocycles. The van der Waals surface area contributed by atoms with Gasteiger partial charge in [0.1, 0.15) is 0 Å². The van der Waals surface area contributed by atoms with Gasteiger partial charge in [-0.25, -0.2) is 0 Å². The van der Waals surface area contributed by atoms with Crippen molar-refractivity contribution in [2.24, 2.45) is 11.3 Å². The Balaban J connectivity index is 3.69. The summed E-state index contributed by atoms with van der Waals surface area (Å²) < 4.78 is 20.6. The zero-order chi connectivity index (χ0) is 9.07. The highest BCUT2D eigenvalue weighted by Crippen LogP contribution is 2.24. The minimum Gasteiger partial charge on any atom is -0.772 e. The maximum absolute atomic E-state index is 10.3. The minimum atomic E-state index is -1.88. The Morgan fingerprint density at radius 3 is 2.18 bits per heavy atom. The summed E-state index contributed by atoms with van der Waals surface area (Å²) in [6.45, 7) is 8.34. The summed E-state index contributed by atoms with van der Waals surface area (Å²) >= 11 is -1.88. The first-order chi connectivity index (χ1) is 4.81. The van der Waals surface area contributed by atoms with E-state index >= 15 is 0 Å². The second-order valence-electron chi connectivity index (χ2n) is 4.34. The monoisotopic (exact) mass is 177 g/mol. The molecule has 0 amide bonds. The van der Waals surface area contributed by atoms with Crippen LogP contribution in [0.15, 0.2) is 0 Å². The lowest BCUT2D eigenvalue weighted by molar-refractivity contribution is 0.320. The van der Waals surface area contributed by atoms with E-state index in [0.717, 1.165) is 6.42 Å². The molecule has 0 N–H and O–H groups in total. The van der Waals surface area contributed by atoms with Crippen LogP contribution in [-0.4, -0.2) is 14.5 Å². The van der Waals surface area contributed by atoms with Crippen LogP contribution in [-0.2, 0) is 11.1 Å². The number of rotatable bonds is 3. The Hall–Kier alpha value is 0.110. The van der Waals surface area contributed by atoms with Crippen molar-refractivity contribution in [1.29, 1.82) is 0 Å². The molecule has 68 valence electrons. The molecule has 0 aromatic carbocycles. The molecular weight excluding hydrogens is 160 g/mol. The molecule has 2 nitrogen and oxygen atoms in total. The van der Waals surface area contributed by atoms with E-state index < -0.39 is 11.1 Å². The van der Waals surface area contributed by atoms with Gasteiger partial charge in [-0.05, 0) is 17.8 Å². The van der Waals surface area contributed by atoms with Crippen LogP contribution in [0.4, 0.5) is 0 Å². The van der Waals surface area contributed by atoms with E-state index in [9.17, 15) is 8.76 Å². The molecule has 0 aromatic rings. The van der Waals surface area contributed by atoms with Gasteiger partial charge in [0.2, 0.25) is 0 Å². The van der Waals surface area contributed by atoms with Gasteiger partial charge in [0, 0.05) is 5.75 Å². The molecule has 0 aromatic heterocycles. The van der Waals surface area contributed by atoms with Gasteiger partial charge in [0.05, 0.1) is 0 Å². The minimum absolute atomic E-state index is 0.235. The predicted octanol–water partition coefficient (Wildman–Crippen LogP) is 1.94. The second-order valence-corrected chi connectivity index (χ2v) is 5.28. The molecule has 11 heavy (non-hydrogen) atoms. The third-order valence-electron chi connectivity index (χ3n) is 1.38. The zero-order valence-corrected chi connectivity index (χ0v) is 8.53. The Morgan fingerprint density at radius 1 is 1.45 bits per heavy atom. The quantitative estimate of drug-likeness (QED) is 0.618. The van der Waals surface area contributed by atoms with Crippen molar-refractivity contribution in [1.82, 2.24) is 0 Å². The van der Waals surface area contributed by atoms with Crippen LogP contribution in [0.1, 0.15) is 34.1 Å². The van der Waals surface area contributed by atoms with E-state index in [1.54, 1.807) is 0 Å². The van der Waals surface area contributed by atoms with E-state index in [1.165, 1.54) is 0 Å². The van der Waals surface area contributed by atoms with E-state index in [0.29, 0.717) is 0 Å². The van der Waals surface area contributed by atoms with Crippen LogP contribution < -0.4 is 0 Å². The summed E-state index contributed by atoms with van der Waals surface area (Å²) in [5.74, 6) is 0.561. The third kappa shape index (κ3) is 8.01. The van der Waals surface area contributed by atoms with Crippen LogP contribution in [0.3, 0.4) is 0 Å². The highest BCUT2D eigenvalue weighted by molar-refractivity contribution is 7.79. The maximum Gasteiger partial charge on any atom is 0.0127 e. The predicted molar refractivity (Wildman–Crippen MR) is 47.0 cm³/mol. The Morgan fingerprint density at radius 2 is 1.91 bits per heavy atom. The summed E-state index contributed by atoms with van der Waals surface area (Å²) in [7, 11) is 0. The Labute approximate surface area is 71.7 Å². The Kier molecular flexibility index (Phi) is 4.26. The van der Waals surface area contributed by atoms with Crippen LogP contribution in [0, 0.1) is 11.3 Å². The second kappa shape index (κ2) is 4.21. The molecule has 0 radical (unpaired) electrons. The molecular formula is C8H17O2S-. The SMILES string of the molecule is CC(CS(=O)[O-])CC(C)(C)C. The van der Waals surface area contributed by atoms with Crippen LogP contribution in [0.5, 0.6) is 0 Å². The highest BCUT2D eigenvalue weighted by atomic mass is 32.2. The first-order valence-electron chi connectivity index (χ1n) is 3.87. The van der Waals surface area contributed by atoms with Gasteiger partial charge < -0.3 is 4.55 Å². The summed E-state index contributed by atoms with van der Waals surface area (Å²) in [5.41, 5.74) is 0.235. The van der Waals surface area contributed by atoms with Crippen molar-refractivity contribution in [3.05, 3.63) is 0 Å². The lowest BCUT2D eigenvalue weighted by atomic mass is 9.86. The fourth-order valence-electron chi connectivity index (χ4n) is 1.34. The zero-order valence-electron chi connectivity index (χ0n) is 7.72. The van der Waals surface area contributed by atoms with Crippen LogP contribution >= 0.6 is 0 Å². The van der Waals surface area contributed by atoms with Gasteiger partial charge in [-0.1, -0.05) is 38.8 Å². The van der Waals surface area contributed by atoms with Crippen molar-refractivity contribution in [2.75, 3.05) is 5.75 Å². The van der Waals surface area contributed by atoms with E-state index in [-0.39, 0.29) is 17.1 Å². The molecule has 3 heteroatoms. The fourth-order valence-corrected chi connectivity index (χ4v) is 1.92. The van der Waals surface area contributed by atoms with Crippen molar-refractivity contribution in [3.8, 4) is 0 Å². The van der Waals surface area contributed by atoms with E-state index in [1.807, 2.05) is 6.92 Å². The topological polar surface area (TPSA) is 40.1 Å². The smallest absolute Gasteiger partial charge is 0.0127 e. The van der Waals surface area contributed by atoms with Gasteiger partial charge in [-0.2, -0.15) is 0 Å². The lowest BCUT2D eigenvalue weighted by Crippen LogP contribution is -2.15. The highest BCUT2D eigenvalue weighted by Gasteiger charge is 2.14. The molecule has 0 aliphatic rings. The van der Waals surface area contributed by atoms with Crippen LogP contribution in [0.25, 0.3) is 0 Å². The van der Waals surface area contributed by atoms with E-state index in [4.69, 9.17) is 0 Å². The first-order valence-corrected chi connectivity index (χ1v) is 5.11. The van der Waals surface area contributed by atoms with E-state index in [2.05, 4.69) is 20.8 Å². The average Bonchev–Trinajstić information content (AvgIpc) is 1.53. The first kappa shape index (κ1) is 11.1. The molecule has 0 rings (SSSR count). The van der Waals surface area contributed by atoms with Crippen molar-refractivity contribution >= 4 is 11.1 Å². The van der Waals surface area contributed by atoms with Crippen molar-refractivity contribution < 1.29 is 8.76 Å². The van der Waals surface area contributed by atoms with Crippen molar-refractivity contribution in [3.63, 3.8) is 0 Å². The Bertz CT molecular complexity index is 138. The third-order valence-corrected chi connectivity index (χ3v) is 2.22. The van der Waals surface area contributed by atoms with Gasteiger partial charge in [-0.3, -0.25) is 4.21 Å². The summed E-state index contributed by atoms with van der Waals surface area (Å²) in [6, 6.07) is 0. The van der Waals surface area contributed by atoms with Gasteiger partial charge >= 0.3 is 0 Å². The molecule has 0 saturated carbocycles. The molecule has 0 spiro atoms. The molecule has 2 atom stereocenters. The normalized spacial score (nSPS) is 17.9. The molecule has 2 unspecified atom stereocenters. The number of hydrogen-bond donors (Lipinski definition) is 0. The molecule has 0 aliphatic carbocycles. The fraction of sp³-hybridized carbons (Fsp3) is 1.00. The summed E-state index contributed by atoms with van der Waals surface area (Å²) in [5, 5.41) is 0.